The highest BCUT2D eigenvalue weighted by molar-refractivity contribution is 6.29. The molecule has 0 aliphatic carbocycles. The summed E-state index contributed by atoms with van der Waals surface area (Å²) in [6.45, 7) is 0.385. The van der Waals surface area contributed by atoms with Crippen molar-refractivity contribution in [2.45, 2.75) is 6.54 Å². The Labute approximate surface area is 143 Å². The average Bonchev–Trinajstić information content (AvgIpc) is 2.97. The third-order valence-electron chi connectivity index (χ3n) is 3.62. The highest BCUT2D eigenvalue weighted by Gasteiger charge is 2.22. The number of hydrogen-bond donors (Lipinski definition) is 3. The van der Waals surface area contributed by atoms with Gasteiger partial charge in [-0.25, -0.2) is 0 Å². The number of benzene rings is 2. The molecular formula is C17H14ClN3O3. The van der Waals surface area contributed by atoms with Crippen LogP contribution in [0.1, 0.15) is 26.3 Å². The van der Waals surface area contributed by atoms with Crippen molar-refractivity contribution in [3.05, 3.63) is 59.2 Å². The highest BCUT2D eigenvalue weighted by atomic mass is 35.5. The quantitative estimate of drug-likeness (QED) is 0.745. The molecule has 0 unspecified atom stereocenters. The Hall–Kier alpha value is -2.86. The van der Waals surface area contributed by atoms with E-state index in [1.165, 1.54) is 0 Å². The normalized spacial score (nSPS) is 12.3. The molecule has 122 valence electrons. The monoisotopic (exact) mass is 343 g/mol. The molecule has 1 heterocycles. The molecule has 2 aromatic rings. The van der Waals surface area contributed by atoms with Gasteiger partial charge in [-0.1, -0.05) is 12.1 Å². The van der Waals surface area contributed by atoms with Crippen molar-refractivity contribution in [2.75, 3.05) is 16.5 Å². The lowest BCUT2D eigenvalue weighted by molar-refractivity contribution is -0.113. The fourth-order valence-electron chi connectivity index (χ4n) is 2.50. The molecule has 0 radical (unpaired) electrons. The van der Waals surface area contributed by atoms with Crippen LogP contribution in [0.3, 0.4) is 0 Å². The Kier molecular flexibility index (Phi) is 4.48. The molecular weight excluding hydrogens is 330 g/mol. The van der Waals surface area contributed by atoms with E-state index in [9.17, 15) is 14.4 Å². The van der Waals surface area contributed by atoms with Gasteiger partial charge in [0.25, 0.3) is 11.8 Å². The Bertz CT molecular complexity index is 836. The van der Waals surface area contributed by atoms with Gasteiger partial charge < -0.3 is 16.0 Å². The van der Waals surface area contributed by atoms with Crippen LogP contribution in [0.4, 0.5) is 11.4 Å². The van der Waals surface area contributed by atoms with E-state index < -0.39 is 0 Å². The Balaban J connectivity index is 1.80. The summed E-state index contributed by atoms with van der Waals surface area (Å²) >= 11 is 5.45. The molecule has 0 atom stereocenters. The number of fused-ring (bicyclic) bond motifs is 1. The van der Waals surface area contributed by atoms with Crippen LogP contribution in [0.15, 0.2) is 42.5 Å². The zero-order valence-corrected chi connectivity index (χ0v) is 13.3. The molecule has 0 saturated heterocycles. The van der Waals surface area contributed by atoms with Crippen LogP contribution < -0.4 is 16.0 Å². The first-order valence-corrected chi connectivity index (χ1v) is 7.79. The molecule has 0 fully saturated rings. The van der Waals surface area contributed by atoms with E-state index in [1.54, 1.807) is 42.5 Å². The molecule has 3 amide bonds. The van der Waals surface area contributed by atoms with Crippen LogP contribution in [0, 0.1) is 0 Å². The fourth-order valence-corrected chi connectivity index (χ4v) is 2.56. The summed E-state index contributed by atoms with van der Waals surface area (Å²) in [7, 11) is 0. The minimum atomic E-state index is -0.348. The predicted molar refractivity (Wildman–Crippen MR) is 91.4 cm³/mol. The van der Waals surface area contributed by atoms with E-state index in [1.807, 2.05) is 0 Å². The minimum Gasteiger partial charge on any atom is -0.348 e. The van der Waals surface area contributed by atoms with Crippen molar-refractivity contribution < 1.29 is 14.4 Å². The number of rotatable bonds is 4. The smallest absolute Gasteiger partial charge is 0.255 e. The van der Waals surface area contributed by atoms with Crippen molar-refractivity contribution in [2.24, 2.45) is 0 Å². The molecule has 0 bridgehead atoms. The summed E-state index contributed by atoms with van der Waals surface area (Å²) in [5.74, 6) is -0.982. The molecule has 24 heavy (non-hydrogen) atoms. The van der Waals surface area contributed by atoms with Crippen molar-refractivity contribution in [1.82, 2.24) is 5.32 Å². The van der Waals surface area contributed by atoms with Crippen LogP contribution >= 0.6 is 11.6 Å². The minimum absolute atomic E-state index is 0.146. The second-order valence-electron chi connectivity index (χ2n) is 5.23. The standard InChI is InChI=1S/C17H14ClN3O3/c18-8-15(22)20-11-4-1-3-10(7-11)16(23)21-14-6-2-5-12-13(14)9-19-17(12)24/h1-7H,8-9H2,(H,19,24)(H,20,22)(H,21,23). The summed E-state index contributed by atoms with van der Waals surface area (Å²) in [5.41, 5.74) is 2.80. The van der Waals surface area contributed by atoms with Crippen LogP contribution in [0.2, 0.25) is 0 Å². The molecule has 3 N–H and O–H groups in total. The summed E-state index contributed by atoms with van der Waals surface area (Å²) in [5, 5.41) is 8.12. The third-order valence-corrected chi connectivity index (χ3v) is 3.87. The SMILES string of the molecule is O=C(CCl)Nc1cccc(C(=O)Nc2cccc3c2CNC3=O)c1. The zero-order chi connectivity index (χ0) is 17.1. The average molecular weight is 344 g/mol. The van der Waals surface area contributed by atoms with Gasteiger partial charge in [0, 0.05) is 34.6 Å². The number of amides is 3. The van der Waals surface area contributed by atoms with Crippen molar-refractivity contribution in [3.63, 3.8) is 0 Å². The first-order chi connectivity index (χ1) is 11.6. The van der Waals surface area contributed by atoms with Gasteiger partial charge in [0.05, 0.1) is 0 Å². The van der Waals surface area contributed by atoms with E-state index in [0.717, 1.165) is 5.56 Å². The first-order valence-electron chi connectivity index (χ1n) is 7.26. The van der Waals surface area contributed by atoms with Crippen LogP contribution in [-0.4, -0.2) is 23.6 Å². The topological polar surface area (TPSA) is 87.3 Å². The van der Waals surface area contributed by atoms with Crippen LogP contribution in [-0.2, 0) is 11.3 Å². The lowest BCUT2D eigenvalue weighted by atomic mass is 10.1. The van der Waals surface area contributed by atoms with Gasteiger partial charge in [0.2, 0.25) is 5.91 Å². The van der Waals surface area contributed by atoms with E-state index in [4.69, 9.17) is 11.6 Å². The van der Waals surface area contributed by atoms with E-state index in [0.29, 0.717) is 29.0 Å². The summed E-state index contributed by atoms with van der Waals surface area (Å²) < 4.78 is 0. The van der Waals surface area contributed by atoms with Crippen molar-refractivity contribution in [3.8, 4) is 0 Å². The van der Waals surface area contributed by atoms with Crippen molar-refractivity contribution >= 4 is 40.7 Å². The summed E-state index contributed by atoms with van der Waals surface area (Å²) in [6, 6.07) is 11.7. The van der Waals surface area contributed by atoms with Gasteiger partial charge in [-0.15, -0.1) is 11.6 Å². The molecule has 3 rings (SSSR count). The maximum atomic E-state index is 12.4. The molecule has 0 aromatic heterocycles. The van der Waals surface area contributed by atoms with E-state index in [2.05, 4.69) is 16.0 Å². The number of carbonyl (C=O) groups is 3. The summed E-state index contributed by atoms with van der Waals surface area (Å²) in [4.78, 5) is 35.5. The number of hydrogen-bond acceptors (Lipinski definition) is 3. The highest BCUT2D eigenvalue weighted by Crippen LogP contribution is 2.25. The number of nitrogens with one attached hydrogen (secondary N) is 3. The van der Waals surface area contributed by atoms with Gasteiger partial charge in [0.1, 0.15) is 5.88 Å². The van der Waals surface area contributed by atoms with Gasteiger partial charge >= 0.3 is 0 Å². The van der Waals surface area contributed by atoms with E-state index >= 15 is 0 Å². The third kappa shape index (κ3) is 3.23. The summed E-state index contributed by atoms with van der Waals surface area (Å²) in [6.07, 6.45) is 0. The maximum absolute atomic E-state index is 12.4. The second kappa shape index (κ2) is 6.72. The number of halogens is 1. The van der Waals surface area contributed by atoms with Crippen LogP contribution in [0.25, 0.3) is 0 Å². The molecule has 7 heteroatoms. The largest absolute Gasteiger partial charge is 0.348 e. The predicted octanol–water partition coefficient (Wildman–Crippen LogP) is 2.36. The second-order valence-corrected chi connectivity index (χ2v) is 5.50. The van der Waals surface area contributed by atoms with Gasteiger partial charge in [0.15, 0.2) is 0 Å². The Morgan fingerprint density at radius 3 is 2.71 bits per heavy atom. The molecule has 1 aliphatic heterocycles. The number of anilines is 2. The lowest BCUT2D eigenvalue weighted by Gasteiger charge is -2.10. The molecule has 1 aliphatic rings. The van der Waals surface area contributed by atoms with Gasteiger partial charge in [-0.05, 0) is 30.3 Å². The Morgan fingerprint density at radius 2 is 1.92 bits per heavy atom. The first kappa shape index (κ1) is 16.0. The van der Waals surface area contributed by atoms with E-state index in [-0.39, 0.29) is 23.6 Å². The van der Waals surface area contributed by atoms with Crippen molar-refractivity contribution in [1.29, 1.82) is 0 Å². The van der Waals surface area contributed by atoms with Crippen LogP contribution in [0.5, 0.6) is 0 Å². The molecule has 0 saturated carbocycles. The Morgan fingerprint density at radius 1 is 1.12 bits per heavy atom. The number of carbonyl (C=O) groups excluding carboxylic acids is 3. The zero-order valence-electron chi connectivity index (χ0n) is 12.6. The molecule has 0 spiro atoms. The number of alkyl halides is 1. The van der Waals surface area contributed by atoms with Gasteiger partial charge in [-0.3, -0.25) is 14.4 Å². The molecule has 2 aromatic carbocycles. The molecule has 6 nitrogen and oxygen atoms in total. The van der Waals surface area contributed by atoms with Gasteiger partial charge in [-0.2, -0.15) is 0 Å². The maximum Gasteiger partial charge on any atom is 0.255 e. The fraction of sp³-hybridized carbons (Fsp3) is 0.118. The lowest BCUT2D eigenvalue weighted by Crippen LogP contribution is -2.16.